The molecule has 6 heterocycles. The zero-order valence-electron chi connectivity index (χ0n) is 37.7. The summed E-state index contributed by atoms with van der Waals surface area (Å²) in [5.74, 6) is 0. The van der Waals surface area contributed by atoms with Crippen LogP contribution < -0.4 is 0 Å². The van der Waals surface area contributed by atoms with Crippen molar-refractivity contribution >= 4 is 120 Å². The summed E-state index contributed by atoms with van der Waals surface area (Å²) in [5.41, 5.74) is 19.6. The van der Waals surface area contributed by atoms with Crippen LogP contribution in [0.15, 0.2) is 231 Å². The van der Waals surface area contributed by atoms with E-state index in [9.17, 15) is 0 Å². The van der Waals surface area contributed by atoms with Crippen molar-refractivity contribution in [1.82, 2.24) is 17.9 Å². The van der Waals surface area contributed by atoms with Gasteiger partial charge in [-0.05, 0) is 107 Å². The molecule has 322 valence electrons. The first-order valence-electron chi connectivity index (χ1n) is 24.3. The van der Waals surface area contributed by atoms with Crippen molar-refractivity contribution in [2.24, 2.45) is 0 Å². The molecule has 0 unspecified atom stereocenters. The van der Waals surface area contributed by atoms with E-state index in [2.05, 4.69) is 248 Å². The highest BCUT2D eigenvalue weighted by atomic mass is 15.0. The second-order valence-corrected chi connectivity index (χ2v) is 19.2. The largest absolute Gasteiger partial charge is 0.309 e. The van der Waals surface area contributed by atoms with E-state index in [4.69, 9.17) is 0 Å². The smallest absolute Gasteiger partial charge is 0.0634 e. The molecule has 0 saturated heterocycles. The molecule has 0 amide bonds. The molecule has 0 N–H and O–H groups in total. The van der Waals surface area contributed by atoms with Crippen molar-refractivity contribution in [3.05, 3.63) is 231 Å². The van der Waals surface area contributed by atoms with Crippen LogP contribution in [0.1, 0.15) is 0 Å². The van der Waals surface area contributed by atoms with E-state index in [0.29, 0.717) is 0 Å². The lowest BCUT2D eigenvalue weighted by Crippen LogP contribution is -1.92. The highest BCUT2D eigenvalue weighted by Crippen LogP contribution is 2.52. The van der Waals surface area contributed by atoms with Gasteiger partial charge in [0.15, 0.2) is 0 Å². The first-order chi connectivity index (χ1) is 34.8. The molecule has 0 saturated carbocycles. The van der Waals surface area contributed by atoms with Gasteiger partial charge in [-0.1, -0.05) is 146 Å². The van der Waals surface area contributed by atoms with Crippen LogP contribution >= 0.6 is 0 Å². The summed E-state index contributed by atoms with van der Waals surface area (Å²) in [6.45, 7) is 0. The number of benzene rings is 11. The summed E-state index contributed by atoms with van der Waals surface area (Å²) in [6, 6.07) is 85.6. The Bertz CT molecular complexity index is 4720. The van der Waals surface area contributed by atoms with Crippen molar-refractivity contribution in [3.8, 4) is 33.6 Å². The molecule has 17 rings (SSSR count). The molecule has 4 heteroatoms. The number of fused-ring (bicyclic) bond motifs is 20. The lowest BCUT2D eigenvalue weighted by atomic mass is 9.96. The van der Waals surface area contributed by atoms with E-state index >= 15 is 0 Å². The fourth-order valence-electron chi connectivity index (χ4n) is 13.0. The minimum absolute atomic E-state index is 1.17. The Labute approximate surface area is 400 Å². The van der Waals surface area contributed by atoms with Gasteiger partial charge >= 0.3 is 0 Å². The maximum atomic E-state index is 2.58. The summed E-state index contributed by atoms with van der Waals surface area (Å²) in [6.07, 6.45) is 0. The minimum atomic E-state index is 1.17. The lowest BCUT2D eigenvalue weighted by molar-refractivity contribution is 1.18. The van der Waals surface area contributed by atoms with Crippen LogP contribution in [-0.4, -0.2) is 17.9 Å². The second kappa shape index (κ2) is 13.2. The SMILES string of the molecule is c1ccc(-n2c3ccccc3c3cc(-c4ccc5c6c7c8ccccc8n8c9cc(-c%10ccc%11c(c%10)c%10ccccc%10n%11-c%10ccccc%10)ccc9c(c9c%10ccccc%10n(c5c4)c96)c78)ccc32)cc1. The fourth-order valence-corrected chi connectivity index (χ4v) is 13.0. The number of hydrogen-bond donors (Lipinski definition) is 0. The number of hydrogen-bond acceptors (Lipinski definition) is 0. The van der Waals surface area contributed by atoms with Gasteiger partial charge in [-0.25, -0.2) is 0 Å². The number of para-hydroxylation sites is 6. The topological polar surface area (TPSA) is 18.7 Å². The van der Waals surface area contributed by atoms with Crippen LogP contribution in [0.4, 0.5) is 0 Å². The third-order valence-electron chi connectivity index (χ3n) is 15.8. The minimum Gasteiger partial charge on any atom is -0.309 e. The van der Waals surface area contributed by atoms with Gasteiger partial charge in [0.1, 0.15) is 0 Å². The molecule has 0 aliphatic heterocycles. The average molecular weight is 887 g/mol. The van der Waals surface area contributed by atoms with Crippen LogP contribution in [0, 0.1) is 0 Å². The van der Waals surface area contributed by atoms with E-state index in [-0.39, 0.29) is 0 Å². The van der Waals surface area contributed by atoms with Crippen molar-refractivity contribution < 1.29 is 0 Å². The Morgan fingerprint density at radius 1 is 0.200 bits per heavy atom. The molecule has 11 aromatic carbocycles. The normalized spacial score (nSPS) is 12.6. The van der Waals surface area contributed by atoms with E-state index in [0.717, 1.165) is 0 Å². The van der Waals surface area contributed by atoms with Crippen LogP contribution in [0.3, 0.4) is 0 Å². The summed E-state index contributed by atoms with van der Waals surface area (Å²) < 4.78 is 9.94. The Morgan fingerprint density at radius 3 is 0.943 bits per heavy atom. The molecule has 0 aliphatic carbocycles. The molecule has 0 fully saturated rings. The molecular formula is C66H38N4. The Hall–Kier alpha value is -9.38. The van der Waals surface area contributed by atoms with Crippen molar-refractivity contribution in [2.75, 3.05) is 0 Å². The molecular weight excluding hydrogens is 849 g/mol. The molecule has 0 aliphatic rings. The van der Waals surface area contributed by atoms with Crippen LogP contribution in [0.25, 0.3) is 153 Å². The molecule has 70 heavy (non-hydrogen) atoms. The first kappa shape index (κ1) is 36.7. The summed E-state index contributed by atoms with van der Waals surface area (Å²) >= 11 is 0. The van der Waals surface area contributed by atoms with Crippen LogP contribution in [0.5, 0.6) is 0 Å². The van der Waals surface area contributed by atoms with Gasteiger partial charge in [0.05, 0.1) is 55.2 Å². The molecule has 17 aromatic rings. The zero-order chi connectivity index (χ0) is 45.3. The fraction of sp³-hybridized carbons (Fsp3) is 0. The van der Waals surface area contributed by atoms with Gasteiger partial charge in [0.2, 0.25) is 0 Å². The zero-order valence-corrected chi connectivity index (χ0v) is 37.7. The summed E-state index contributed by atoms with van der Waals surface area (Å²) in [7, 11) is 0. The van der Waals surface area contributed by atoms with E-state index in [1.807, 2.05) is 0 Å². The molecule has 0 radical (unpaired) electrons. The standard InChI is InChI=1S/C66H38N4/c1-3-15-43(16-4-1)67-53-23-11-7-19-45(53)51-35-39(29-33-57(51)67)41-27-31-49-59(37-41)69-55-25-13-9-21-47(55)62-64-50-32-28-42(38-60(50)70-56-26-14-10-22-48(56)61(66(64)70)63(49)65(62)69)40-30-34-58-52(36-40)46-20-8-12-24-54(46)68(58)44-17-5-2-6-18-44/h1-38H. The predicted octanol–water partition coefficient (Wildman–Crippen LogP) is 17.5. The van der Waals surface area contributed by atoms with E-state index in [1.165, 1.54) is 153 Å². The van der Waals surface area contributed by atoms with Gasteiger partial charge in [-0.15, -0.1) is 0 Å². The highest BCUT2D eigenvalue weighted by Gasteiger charge is 2.29. The summed E-state index contributed by atoms with van der Waals surface area (Å²) in [4.78, 5) is 0. The van der Waals surface area contributed by atoms with E-state index in [1.54, 1.807) is 0 Å². The van der Waals surface area contributed by atoms with Gasteiger partial charge < -0.3 is 17.9 Å². The van der Waals surface area contributed by atoms with Gasteiger partial charge in [-0.3, -0.25) is 0 Å². The van der Waals surface area contributed by atoms with Crippen molar-refractivity contribution in [3.63, 3.8) is 0 Å². The predicted molar refractivity (Wildman–Crippen MR) is 295 cm³/mol. The number of aromatic nitrogens is 4. The van der Waals surface area contributed by atoms with E-state index < -0.39 is 0 Å². The number of nitrogens with zero attached hydrogens (tertiary/aromatic N) is 4. The molecule has 0 atom stereocenters. The first-order valence-corrected chi connectivity index (χ1v) is 24.3. The Balaban J connectivity index is 0.921. The van der Waals surface area contributed by atoms with Crippen LogP contribution in [-0.2, 0) is 0 Å². The Kier molecular flexibility index (Phi) is 6.92. The van der Waals surface area contributed by atoms with Gasteiger partial charge in [-0.2, -0.15) is 0 Å². The maximum Gasteiger partial charge on any atom is 0.0634 e. The van der Waals surface area contributed by atoms with Gasteiger partial charge in [0.25, 0.3) is 0 Å². The van der Waals surface area contributed by atoms with Crippen LogP contribution in [0.2, 0.25) is 0 Å². The molecule has 4 nitrogen and oxygen atoms in total. The molecule has 0 bridgehead atoms. The second-order valence-electron chi connectivity index (χ2n) is 19.2. The average Bonchev–Trinajstić information content (AvgIpc) is 4.26. The lowest BCUT2D eigenvalue weighted by Gasteiger charge is -2.08. The summed E-state index contributed by atoms with van der Waals surface area (Å²) in [5, 5.41) is 15.5. The number of rotatable bonds is 4. The quantitative estimate of drug-likeness (QED) is 0.168. The highest BCUT2D eigenvalue weighted by molar-refractivity contribution is 6.45. The molecule has 0 spiro atoms. The Morgan fingerprint density at radius 2 is 0.514 bits per heavy atom. The third-order valence-corrected chi connectivity index (χ3v) is 15.8. The third kappa shape index (κ3) is 4.56. The molecule has 6 aromatic heterocycles. The van der Waals surface area contributed by atoms with Gasteiger partial charge in [0, 0.05) is 76.0 Å². The van der Waals surface area contributed by atoms with Crippen molar-refractivity contribution in [2.45, 2.75) is 0 Å². The monoisotopic (exact) mass is 886 g/mol. The van der Waals surface area contributed by atoms with Crippen molar-refractivity contribution in [1.29, 1.82) is 0 Å². The maximum absolute atomic E-state index is 2.58.